The number of carbonyl (C=O) groups excluding carboxylic acids is 2. The molecule has 7 aromatic carbocycles. The van der Waals surface area contributed by atoms with E-state index in [1.165, 1.54) is 83.5 Å². The summed E-state index contributed by atoms with van der Waals surface area (Å²) in [5.41, 5.74) is 3.04. The van der Waals surface area contributed by atoms with E-state index in [2.05, 4.69) is 0 Å². The van der Waals surface area contributed by atoms with Crippen LogP contribution in [-0.2, 0) is 33.4 Å². The first-order valence-electron chi connectivity index (χ1n) is 26.3. The SMILES string of the molecule is CC(C(=O)O)c1ccccc1F.CN(C)[C@@H](C(=O)O)c1ccccc1F.CN(C)[C@H](C(=O)O)c1ccccc1F.C[C@H](OC(=O)[C@@H](c1ccccc1F)N(C)C)c1ccccc1.C[C@H](OC(=O)[C@H](c1ccccc1F)N(C)C)c1ccccc1.[B]. The van der Waals surface area contributed by atoms with Crippen molar-refractivity contribution in [3.63, 3.8) is 0 Å². The molecule has 20 heteroatoms. The second-order valence-electron chi connectivity index (χ2n) is 19.8. The minimum Gasteiger partial charge on any atom is -0.481 e. The van der Waals surface area contributed by atoms with Gasteiger partial charge in [0.15, 0.2) is 0 Å². The highest BCUT2D eigenvalue weighted by Crippen LogP contribution is 2.29. The van der Waals surface area contributed by atoms with E-state index in [0.717, 1.165) is 11.1 Å². The van der Waals surface area contributed by atoms with Crippen LogP contribution < -0.4 is 0 Å². The summed E-state index contributed by atoms with van der Waals surface area (Å²) in [6.07, 6.45) is -0.772. The largest absolute Gasteiger partial charge is 0.481 e. The van der Waals surface area contributed by atoms with Crippen LogP contribution in [0.4, 0.5) is 22.0 Å². The number of aliphatic carboxylic acids is 3. The Morgan fingerprint density at radius 2 is 0.541 bits per heavy atom. The zero-order chi connectivity index (χ0) is 62.8. The van der Waals surface area contributed by atoms with Gasteiger partial charge in [-0.2, -0.15) is 0 Å². The lowest BCUT2D eigenvalue weighted by Crippen LogP contribution is -2.30. The Morgan fingerprint density at radius 1 is 0.329 bits per heavy atom. The number of benzene rings is 7. The Kier molecular flexibility index (Phi) is 30.9. The van der Waals surface area contributed by atoms with Crippen molar-refractivity contribution in [1.29, 1.82) is 0 Å². The molecule has 0 fully saturated rings. The van der Waals surface area contributed by atoms with Gasteiger partial charge in [0.25, 0.3) is 0 Å². The number of carbonyl (C=O) groups is 5. The molecular weight excluding hydrogens is 1100 g/mol. The van der Waals surface area contributed by atoms with Crippen molar-refractivity contribution in [2.24, 2.45) is 0 Å². The van der Waals surface area contributed by atoms with Crippen LogP contribution in [-0.4, -0.2) is 130 Å². The third-order valence-electron chi connectivity index (χ3n) is 12.6. The highest BCUT2D eigenvalue weighted by molar-refractivity contribution is 5.79. The lowest BCUT2D eigenvalue weighted by atomic mass is 10.0. The molecule has 3 N–H and O–H groups in total. The number of likely N-dealkylation sites (N-methyl/N-ethyl adjacent to an activating group) is 4. The van der Waals surface area contributed by atoms with Crippen molar-refractivity contribution >= 4 is 38.3 Å². The molecule has 451 valence electrons. The van der Waals surface area contributed by atoms with Crippen LogP contribution in [0.2, 0.25) is 0 Å². The van der Waals surface area contributed by atoms with Gasteiger partial charge in [-0.15, -0.1) is 0 Å². The number of esters is 2. The van der Waals surface area contributed by atoms with Crippen LogP contribution in [0.5, 0.6) is 0 Å². The maximum absolute atomic E-state index is 14.0. The number of hydrogen-bond acceptors (Lipinski definition) is 11. The zero-order valence-electron chi connectivity index (χ0n) is 49.3. The minimum atomic E-state index is -1.06. The fraction of sp³-hybridized carbons (Fsp3) is 0.277. The first-order chi connectivity index (χ1) is 39.7. The summed E-state index contributed by atoms with van der Waals surface area (Å²) in [5.74, 6) is -7.12. The van der Waals surface area contributed by atoms with Crippen molar-refractivity contribution in [2.45, 2.75) is 63.1 Å². The lowest BCUT2D eigenvalue weighted by Gasteiger charge is -2.25. The maximum Gasteiger partial charge on any atom is 0.328 e. The molecule has 0 bridgehead atoms. The van der Waals surface area contributed by atoms with Crippen LogP contribution in [0, 0.1) is 29.1 Å². The smallest absolute Gasteiger partial charge is 0.328 e. The fourth-order valence-electron chi connectivity index (χ4n) is 8.30. The van der Waals surface area contributed by atoms with Gasteiger partial charge in [-0.25, -0.2) is 31.5 Å². The van der Waals surface area contributed by atoms with E-state index in [1.54, 1.807) is 135 Å². The standard InChI is InChI=1S/2C18H20FNO2.2C10H12FNO2.C9H9FO2.B/c2*1-13(14-9-5-4-6-10-14)22-18(21)17(20(2)3)15-11-7-8-12-16(15)19;2*1-12(2)9(10(13)14)7-5-3-4-6-8(7)11;1-6(9(11)12)7-4-2-3-5-8(7)10;/h2*4-13,17H,1-3H3;2*3-6,9H,1-2H3,(H,13,14);2-6H,1H3,(H,11,12);/t13-,17+;13-,17-;2*9-;;/m0010../s1. The predicted molar refractivity (Wildman–Crippen MR) is 317 cm³/mol. The van der Waals surface area contributed by atoms with Gasteiger partial charge < -0.3 is 24.8 Å². The van der Waals surface area contributed by atoms with Crippen LogP contribution in [0.3, 0.4) is 0 Å². The molecule has 1 unspecified atom stereocenters. The predicted octanol–water partition coefficient (Wildman–Crippen LogP) is 12.1. The topological polar surface area (TPSA) is 177 Å². The number of carboxylic acids is 3. The Bertz CT molecular complexity index is 3020. The molecule has 0 aliphatic carbocycles. The molecule has 7 aromatic rings. The Labute approximate surface area is 496 Å². The van der Waals surface area contributed by atoms with Gasteiger partial charge in [-0.3, -0.25) is 34.0 Å². The second-order valence-corrected chi connectivity index (χ2v) is 19.8. The Hall–Kier alpha value is -8.56. The lowest BCUT2D eigenvalue weighted by molar-refractivity contribution is -0.155. The zero-order valence-corrected chi connectivity index (χ0v) is 49.3. The van der Waals surface area contributed by atoms with Crippen LogP contribution >= 0.6 is 0 Å². The van der Waals surface area contributed by atoms with Gasteiger partial charge in [0, 0.05) is 36.2 Å². The van der Waals surface area contributed by atoms with E-state index in [1.807, 2.05) is 60.7 Å². The molecule has 85 heavy (non-hydrogen) atoms. The molecular formula is C65H73BF5N4O10. The third kappa shape index (κ3) is 22.5. The highest BCUT2D eigenvalue weighted by atomic mass is 19.1. The van der Waals surface area contributed by atoms with E-state index in [9.17, 15) is 45.9 Å². The summed E-state index contributed by atoms with van der Waals surface area (Å²) in [6, 6.07) is 45.7. The number of ether oxygens (including phenoxy) is 2. The van der Waals surface area contributed by atoms with E-state index in [4.69, 9.17) is 24.8 Å². The monoisotopic (exact) mass is 1180 g/mol. The van der Waals surface area contributed by atoms with Crippen LogP contribution in [0.25, 0.3) is 0 Å². The van der Waals surface area contributed by atoms with Crippen molar-refractivity contribution in [3.8, 4) is 0 Å². The normalized spacial score (nSPS) is 13.1. The van der Waals surface area contributed by atoms with Crippen molar-refractivity contribution in [1.82, 2.24) is 19.6 Å². The molecule has 7 atom stereocenters. The molecule has 7 rings (SSSR count). The summed E-state index contributed by atoms with van der Waals surface area (Å²) in [7, 11) is 13.3. The molecule has 14 nitrogen and oxygen atoms in total. The Balaban J connectivity index is 0.000000369. The molecule has 0 aromatic heterocycles. The van der Waals surface area contributed by atoms with Crippen LogP contribution in [0.1, 0.15) is 102 Å². The van der Waals surface area contributed by atoms with Gasteiger partial charge in [-0.05, 0) is 119 Å². The summed E-state index contributed by atoms with van der Waals surface area (Å²) in [5, 5.41) is 26.4. The summed E-state index contributed by atoms with van der Waals surface area (Å²) in [4.78, 5) is 63.5. The van der Waals surface area contributed by atoms with Crippen molar-refractivity contribution in [2.75, 3.05) is 56.4 Å². The number of hydrogen-bond donors (Lipinski definition) is 3. The molecule has 0 saturated carbocycles. The fourth-order valence-corrected chi connectivity index (χ4v) is 8.30. The maximum atomic E-state index is 14.0. The van der Waals surface area contributed by atoms with Gasteiger partial charge in [0.1, 0.15) is 65.5 Å². The van der Waals surface area contributed by atoms with Gasteiger partial charge >= 0.3 is 29.8 Å². The molecule has 0 aliphatic heterocycles. The van der Waals surface area contributed by atoms with Gasteiger partial charge in [0.2, 0.25) is 0 Å². The average molecular weight is 1180 g/mol. The first kappa shape index (κ1) is 72.5. The Morgan fingerprint density at radius 3 is 0.753 bits per heavy atom. The molecule has 0 aliphatic rings. The molecule has 0 spiro atoms. The first-order valence-corrected chi connectivity index (χ1v) is 26.3. The average Bonchev–Trinajstić information content (AvgIpc) is 3.42. The van der Waals surface area contributed by atoms with E-state index < -0.39 is 89.0 Å². The van der Waals surface area contributed by atoms with Gasteiger partial charge in [0.05, 0.1) is 5.92 Å². The summed E-state index contributed by atoms with van der Waals surface area (Å²) in [6.45, 7) is 5.07. The molecule has 3 radical (unpaired) electrons. The molecule has 0 amide bonds. The van der Waals surface area contributed by atoms with E-state index in [-0.39, 0.29) is 37.3 Å². The molecule has 0 heterocycles. The van der Waals surface area contributed by atoms with Gasteiger partial charge in [-0.1, -0.05) is 152 Å². The highest BCUT2D eigenvalue weighted by Gasteiger charge is 2.31. The number of nitrogens with zero attached hydrogens (tertiary/aromatic N) is 4. The third-order valence-corrected chi connectivity index (χ3v) is 12.6. The minimum absolute atomic E-state index is 0. The van der Waals surface area contributed by atoms with Crippen molar-refractivity contribution < 1.29 is 70.7 Å². The number of carboxylic acid groups (broad SMARTS) is 3. The van der Waals surface area contributed by atoms with E-state index >= 15 is 0 Å². The van der Waals surface area contributed by atoms with Crippen molar-refractivity contribution in [3.05, 3.63) is 250 Å². The molecule has 0 saturated heterocycles. The number of rotatable bonds is 18. The second kappa shape index (κ2) is 36.2. The quantitative estimate of drug-likeness (QED) is 0.0420. The van der Waals surface area contributed by atoms with Crippen LogP contribution in [0.15, 0.2) is 182 Å². The van der Waals surface area contributed by atoms with E-state index in [0.29, 0.717) is 11.1 Å². The number of halogens is 5. The summed E-state index contributed by atoms with van der Waals surface area (Å²) >= 11 is 0. The summed E-state index contributed by atoms with van der Waals surface area (Å²) < 4.78 is 78.5.